The molecule has 0 aromatic heterocycles. The maximum atomic E-state index is 13.0. The van der Waals surface area contributed by atoms with Gasteiger partial charge in [-0.3, -0.25) is 0 Å². The fourth-order valence-electron chi connectivity index (χ4n) is 2.76. The van der Waals surface area contributed by atoms with Crippen LogP contribution in [0, 0.1) is 0 Å². The first-order chi connectivity index (χ1) is 11.4. The van der Waals surface area contributed by atoms with Gasteiger partial charge in [0.05, 0.1) is 5.56 Å². The maximum Gasteiger partial charge on any atom is 0.416 e. The number of benzene rings is 1. The minimum atomic E-state index is -4.45. The van der Waals surface area contributed by atoms with Crippen LogP contribution < -0.4 is 10.6 Å². The van der Waals surface area contributed by atoms with Gasteiger partial charge in [0.25, 0.3) is 0 Å². The first kappa shape index (κ1) is 19.2. The summed E-state index contributed by atoms with van der Waals surface area (Å²) >= 11 is 0. The molecule has 2 rings (SSSR count). The Bertz CT molecular complexity index is 641. The van der Waals surface area contributed by atoms with Crippen molar-refractivity contribution in [2.45, 2.75) is 45.5 Å². The molecule has 0 aliphatic carbocycles. The van der Waals surface area contributed by atoms with Crippen LogP contribution in [-0.4, -0.2) is 42.3 Å². The summed E-state index contributed by atoms with van der Waals surface area (Å²) in [5.41, 5.74) is 4.73. The lowest BCUT2D eigenvalue weighted by Gasteiger charge is -2.41. The molecule has 25 heavy (non-hydrogen) atoms. The van der Waals surface area contributed by atoms with Crippen molar-refractivity contribution in [3.63, 3.8) is 0 Å². The van der Waals surface area contributed by atoms with Crippen LogP contribution in [0.4, 0.5) is 29.3 Å². The summed E-state index contributed by atoms with van der Waals surface area (Å²) in [5.74, 6) is 0. The lowest BCUT2D eigenvalue weighted by molar-refractivity contribution is -0.137. The van der Waals surface area contributed by atoms with Crippen LogP contribution in [0.15, 0.2) is 18.2 Å². The van der Waals surface area contributed by atoms with Crippen molar-refractivity contribution in [3.05, 3.63) is 23.8 Å². The van der Waals surface area contributed by atoms with E-state index < -0.39 is 23.4 Å². The first-order valence-electron chi connectivity index (χ1n) is 8.09. The van der Waals surface area contributed by atoms with Crippen molar-refractivity contribution in [1.29, 1.82) is 0 Å². The standard InChI is InChI=1S/C17H24F3N3O2/c1-11-10-22(5-6-23(11)15(24)25-16(2,3)4)14-8-12(17(18,19)20)7-13(21)9-14/h7-9,11H,5-6,10,21H2,1-4H3/t11-/m0/s1. The number of carbonyl (C=O) groups is 1. The van der Waals surface area contributed by atoms with E-state index in [0.717, 1.165) is 12.1 Å². The van der Waals surface area contributed by atoms with E-state index in [9.17, 15) is 18.0 Å². The molecule has 2 N–H and O–H groups in total. The highest BCUT2D eigenvalue weighted by molar-refractivity contribution is 5.69. The van der Waals surface area contributed by atoms with Gasteiger partial charge in [-0.15, -0.1) is 0 Å². The highest BCUT2D eigenvalue weighted by Gasteiger charge is 2.34. The van der Waals surface area contributed by atoms with Gasteiger partial charge >= 0.3 is 12.3 Å². The van der Waals surface area contributed by atoms with E-state index in [0.29, 0.717) is 25.3 Å². The third-order valence-electron chi connectivity index (χ3n) is 3.89. The summed E-state index contributed by atoms with van der Waals surface area (Å²) in [6.45, 7) is 8.38. The second-order valence-corrected chi connectivity index (χ2v) is 7.28. The van der Waals surface area contributed by atoms with E-state index >= 15 is 0 Å². The SMILES string of the molecule is C[C@H]1CN(c2cc(N)cc(C(F)(F)F)c2)CCN1C(=O)OC(C)(C)C. The lowest BCUT2D eigenvalue weighted by atomic mass is 10.1. The van der Waals surface area contributed by atoms with Gasteiger partial charge in [0.2, 0.25) is 0 Å². The second-order valence-electron chi connectivity index (χ2n) is 7.28. The maximum absolute atomic E-state index is 13.0. The molecule has 1 aromatic carbocycles. The average molecular weight is 359 g/mol. The Morgan fingerprint density at radius 1 is 1.20 bits per heavy atom. The number of anilines is 2. The zero-order valence-electron chi connectivity index (χ0n) is 14.9. The Hall–Kier alpha value is -2.12. The molecule has 140 valence electrons. The van der Waals surface area contributed by atoms with Crippen LogP contribution in [-0.2, 0) is 10.9 Å². The topological polar surface area (TPSA) is 58.8 Å². The van der Waals surface area contributed by atoms with Gasteiger partial charge in [-0.25, -0.2) is 4.79 Å². The summed E-state index contributed by atoms with van der Waals surface area (Å²) in [4.78, 5) is 15.6. The van der Waals surface area contributed by atoms with Crippen LogP contribution in [0.5, 0.6) is 0 Å². The van der Waals surface area contributed by atoms with E-state index in [1.54, 1.807) is 30.6 Å². The first-order valence-corrected chi connectivity index (χ1v) is 8.09. The predicted molar refractivity (Wildman–Crippen MR) is 90.5 cm³/mol. The smallest absolute Gasteiger partial charge is 0.416 e. The molecule has 0 unspecified atom stereocenters. The van der Waals surface area contributed by atoms with Gasteiger partial charge in [-0.1, -0.05) is 0 Å². The summed E-state index contributed by atoms with van der Waals surface area (Å²) in [5, 5.41) is 0. The largest absolute Gasteiger partial charge is 0.444 e. The van der Waals surface area contributed by atoms with Gasteiger partial charge in [0.1, 0.15) is 5.60 Å². The number of nitrogen functional groups attached to an aromatic ring is 1. The quantitative estimate of drug-likeness (QED) is 0.776. The van der Waals surface area contributed by atoms with Crippen molar-refractivity contribution in [2.75, 3.05) is 30.3 Å². The number of nitrogens with two attached hydrogens (primary N) is 1. The highest BCUT2D eigenvalue weighted by atomic mass is 19.4. The van der Waals surface area contributed by atoms with Gasteiger partial charge in [-0.2, -0.15) is 13.2 Å². The Kier molecular flexibility index (Phi) is 5.11. The minimum absolute atomic E-state index is 0.0621. The molecule has 1 saturated heterocycles. The van der Waals surface area contributed by atoms with Crippen molar-refractivity contribution in [1.82, 2.24) is 4.90 Å². The summed E-state index contributed by atoms with van der Waals surface area (Å²) in [6.07, 6.45) is -4.86. The molecule has 1 atom stereocenters. The molecule has 0 radical (unpaired) electrons. The molecule has 0 bridgehead atoms. The van der Waals surface area contributed by atoms with Gasteiger partial charge in [-0.05, 0) is 45.9 Å². The number of halogens is 3. The van der Waals surface area contributed by atoms with Gasteiger partial charge in [0, 0.05) is 37.1 Å². The fourth-order valence-corrected chi connectivity index (χ4v) is 2.76. The van der Waals surface area contributed by atoms with Crippen molar-refractivity contribution >= 4 is 17.5 Å². The summed E-state index contributed by atoms with van der Waals surface area (Å²) in [7, 11) is 0. The van der Waals surface area contributed by atoms with E-state index in [2.05, 4.69) is 0 Å². The number of hydrogen-bond acceptors (Lipinski definition) is 4. The molecule has 1 aliphatic rings. The molecule has 0 saturated carbocycles. The zero-order chi connectivity index (χ0) is 19.0. The summed E-state index contributed by atoms with van der Waals surface area (Å²) in [6, 6.07) is 3.33. The Morgan fingerprint density at radius 3 is 2.36 bits per heavy atom. The second kappa shape index (κ2) is 6.65. The van der Waals surface area contributed by atoms with Crippen molar-refractivity contribution < 1.29 is 22.7 Å². The number of piperazine rings is 1. The number of carbonyl (C=O) groups excluding carboxylic acids is 1. The molecule has 1 aliphatic heterocycles. The monoisotopic (exact) mass is 359 g/mol. The van der Waals surface area contributed by atoms with E-state index in [4.69, 9.17) is 10.5 Å². The Balaban J connectivity index is 2.13. The molecule has 1 aromatic rings. The third kappa shape index (κ3) is 4.93. The fraction of sp³-hybridized carbons (Fsp3) is 0.588. The molecule has 8 heteroatoms. The number of rotatable bonds is 1. The summed E-state index contributed by atoms with van der Waals surface area (Å²) < 4.78 is 44.3. The zero-order valence-corrected chi connectivity index (χ0v) is 14.9. The number of amides is 1. The minimum Gasteiger partial charge on any atom is -0.444 e. The molecular weight excluding hydrogens is 335 g/mol. The number of alkyl halides is 3. The normalized spacial score (nSPS) is 19.1. The number of ether oxygens (including phenoxy) is 1. The van der Waals surface area contributed by atoms with E-state index in [-0.39, 0.29) is 11.7 Å². The molecule has 5 nitrogen and oxygen atoms in total. The molecule has 1 heterocycles. The van der Waals surface area contributed by atoms with E-state index in [1.165, 1.54) is 6.07 Å². The van der Waals surface area contributed by atoms with Crippen molar-refractivity contribution in [3.8, 4) is 0 Å². The molecule has 0 spiro atoms. The average Bonchev–Trinajstić information content (AvgIpc) is 2.43. The van der Waals surface area contributed by atoms with Crippen LogP contribution >= 0.6 is 0 Å². The molecule has 1 amide bonds. The Labute approximate surface area is 145 Å². The molecular formula is C17H24F3N3O2. The van der Waals surface area contributed by atoms with Crippen LogP contribution in [0.25, 0.3) is 0 Å². The van der Waals surface area contributed by atoms with Gasteiger partial charge in [0.15, 0.2) is 0 Å². The highest BCUT2D eigenvalue weighted by Crippen LogP contribution is 2.34. The third-order valence-corrected chi connectivity index (χ3v) is 3.89. The molecule has 1 fully saturated rings. The lowest BCUT2D eigenvalue weighted by Crippen LogP contribution is -2.55. The Morgan fingerprint density at radius 2 is 1.84 bits per heavy atom. The number of nitrogens with zero attached hydrogens (tertiary/aromatic N) is 2. The van der Waals surface area contributed by atoms with Crippen LogP contribution in [0.1, 0.15) is 33.3 Å². The van der Waals surface area contributed by atoms with E-state index in [1.807, 2.05) is 6.92 Å². The van der Waals surface area contributed by atoms with Crippen LogP contribution in [0.3, 0.4) is 0 Å². The number of hydrogen-bond donors (Lipinski definition) is 1. The predicted octanol–water partition coefficient (Wildman–Crippen LogP) is 3.73. The van der Waals surface area contributed by atoms with Crippen LogP contribution in [0.2, 0.25) is 0 Å². The van der Waals surface area contributed by atoms with Gasteiger partial charge < -0.3 is 20.3 Å². The van der Waals surface area contributed by atoms with Crippen molar-refractivity contribution in [2.24, 2.45) is 0 Å².